The lowest BCUT2D eigenvalue weighted by molar-refractivity contribution is 0.325. The first-order valence-corrected chi connectivity index (χ1v) is 8.86. The van der Waals surface area contributed by atoms with E-state index >= 15 is 0 Å². The Bertz CT molecular complexity index is 1100. The van der Waals surface area contributed by atoms with Crippen LogP contribution >= 0.6 is 0 Å². The normalized spacial score (nSPS) is 12.6. The smallest absolute Gasteiger partial charge is 0.233 e. The average Bonchev–Trinajstić information content (AvgIpc) is 3.31. The van der Waals surface area contributed by atoms with Crippen molar-refractivity contribution < 1.29 is 9.26 Å². The molecule has 1 aliphatic rings. The highest BCUT2D eigenvalue weighted by Crippen LogP contribution is 2.39. The summed E-state index contributed by atoms with van der Waals surface area (Å²) in [5.74, 6) is 1.51. The molecule has 4 aromatic rings. The third-order valence-corrected chi connectivity index (χ3v) is 4.69. The van der Waals surface area contributed by atoms with E-state index in [0.717, 1.165) is 45.9 Å². The summed E-state index contributed by atoms with van der Waals surface area (Å²) in [6, 6.07) is 14.2. The number of fused-ring (bicyclic) bond motifs is 3. The second-order valence-corrected chi connectivity index (χ2v) is 6.58. The molecule has 0 unspecified atom stereocenters. The van der Waals surface area contributed by atoms with Crippen LogP contribution in [0.15, 0.2) is 65.7 Å². The monoisotopic (exact) mass is 358 g/mol. The lowest BCUT2D eigenvalue weighted by atomic mass is 10.0. The summed E-state index contributed by atoms with van der Waals surface area (Å²) in [6.07, 6.45) is 6.18. The Hall–Kier alpha value is -3.54. The predicted molar refractivity (Wildman–Crippen MR) is 103 cm³/mol. The zero-order valence-corrected chi connectivity index (χ0v) is 14.8. The molecular weight excluding hydrogens is 340 g/mol. The minimum atomic E-state index is 0.591. The second kappa shape index (κ2) is 6.32. The lowest BCUT2D eigenvalue weighted by Crippen LogP contribution is -2.01. The fraction of sp³-hybridized carbons (Fsp3) is 0.143. The standard InChI is InChI=1S/C21H18N4O2/c1-14-5-6-19-18(11-14)20-17(7-10-26-19)21(27-24-20)23-15-3-2-4-16(12-15)25-9-8-22-13-25/h2-6,8-9,11-13,23H,7,10H2,1H3. The summed E-state index contributed by atoms with van der Waals surface area (Å²) < 4.78 is 13.5. The highest BCUT2D eigenvalue weighted by molar-refractivity contribution is 5.76. The van der Waals surface area contributed by atoms with Gasteiger partial charge in [-0.1, -0.05) is 22.9 Å². The van der Waals surface area contributed by atoms with Gasteiger partial charge >= 0.3 is 0 Å². The molecule has 3 heterocycles. The first-order chi connectivity index (χ1) is 13.3. The molecule has 0 bridgehead atoms. The molecule has 6 nitrogen and oxygen atoms in total. The summed E-state index contributed by atoms with van der Waals surface area (Å²) in [6.45, 7) is 2.65. The zero-order valence-electron chi connectivity index (χ0n) is 14.8. The van der Waals surface area contributed by atoms with Gasteiger partial charge in [0.15, 0.2) is 0 Å². The molecule has 0 saturated carbocycles. The number of aromatic nitrogens is 3. The first kappa shape index (κ1) is 15.7. The van der Waals surface area contributed by atoms with Crippen molar-refractivity contribution >= 4 is 11.6 Å². The van der Waals surface area contributed by atoms with Crippen LogP contribution in [-0.2, 0) is 6.42 Å². The maximum atomic E-state index is 5.90. The largest absolute Gasteiger partial charge is 0.493 e. The number of anilines is 2. The SMILES string of the molecule is Cc1ccc2c(c1)-c1noc(Nc3cccc(-n4ccnc4)c3)c1CCO2. The van der Waals surface area contributed by atoms with E-state index in [4.69, 9.17) is 9.26 Å². The van der Waals surface area contributed by atoms with Gasteiger partial charge in [-0.25, -0.2) is 4.98 Å². The Morgan fingerprint density at radius 3 is 3.00 bits per heavy atom. The number of hydrogen-bond acceptors (Lipinski definition) is 5. The number of nitrogens with one attached hydrogen (secondary N) is 1. The molecule has 0 spiro atoms. The number of rotatable bonds is 3. The topological polar surface area (TPSA) is 65.1 Å². The molecule has 134 valence electrons. The van der Waals surface area contributed by atoms with Crippen LogP contribution in [-0.4, -0.2) is 21.3 Å². The summed E-state index contributed by atoms with van der Waals surface area (Å²) in [7, 11) is 0. The molecule has 0 fully saturated rings. The van der Waals surface area contributed by atoms with Crippen LogP contribution in [0, 0.1) is 6.92 Å². The quantitative estimate of drug-likeness (QED) is 0.583. The van der Waals surface area contributed by atoms with E-state index in [1.807, 2.05) is 47.2 Å². The number of imidazole rings is 1. The van der Waals surface area contributed by atoms with E-state index in [0.29, 0.717) is 12.5 Å². The predicted octanol–water partition coefficient (Wildman–Crippen LogP) is 4.51. The Balaban J connectivity index is 1.51. The molecule has 0 saturated heterocycles. The average molecular weight is 358 g/mol. The lowest BCUT2D eigenvalue weighted by Gasteiger charge is -2.08. The summed E-state index contributed by atoms with van der Waals surface area (Å²) in [5, 5.41) is 7.70. The highest BCUT2D eigenvalue weighted by atomic mass is 16.5. The van der Waals surface area contributed by atoms with Crippen LogP contribution in [0.3, 0.4) is 0 Å². The molecule has 6 heteroatoms. The fourth-order valence-corrected chi connectivity index (χ4v) is 3.36. The Morgan fingerprint density at radius 2 is 2.11 bits per heavy atom. The number of ether oxygens (including phenoxy) is 1. The van der Waals surface area contributed by atoms with Crippen LogP contribution in [0.25, 0.3) is 16.9 Å². The molecule has 27 heavy (non-hydrogen) atoms. The third-order valence-electron chi connectivity index (χ3n) is 4.69. The van der Waals surface area contributed by atoms with Crippen molar-refractivity contribution in [2.24, 2.45) is 0 Å². The van der Waals surface area contributed by atoms with Crippen molar-refractivity contribution in [2.45, 2.75) is 13.3 Å². The van der Waals surface area contributed by atoms with Gasteiger partial charge in [-0.05, 0) is 37.3 Å². The molecule has 2 aromatic carbocycles. The number of aryl methyl sites for hydroxylation is 1. The summed E-state index contributed by atoms with van der Waals surface area (Å²) >= 11 is 0. The Labute approximate surface area is 156 Å². The molecule has 1 aliphatic heterocycles. The van der Waals surface area contributed by atoms with Gasteiger partial charge in [0.25, 0.3) is 0 Å². The van der Waals surface area contributed by atoms with E-state index in [9.17, 15) is 0 Å². The molecule has 5 rings (SSSR count). The van der Waals surface area contributed by atoms with Crippen molar-refractivity contribution in [1.29, 1.82) is 0 Å². The van der Waals surface area contributed by atoms with E-state index < -0.39 is 0 Å². The molecule has 0 amide bonds. The van der Waals surface area contributed by atoms with Crippen molar-refractivity contribution in [1.82, 2.24) is 14.7 Å². The zero-order chi connectivity index (χ0) is 18.2. The maximum absolute atomic E-state index is 5.90. The van der Waals surface area contributed by atoms with Crippen molar-refractivity contribution in [3.05, 3.63) is 72.3 Å². The molecular formula is C21H18N4O2. The first-order valence-electron chi connectivity index (χ1n) is 8.86. The van der Waals surface area contributed by atoms with Gasteiger partial charge in [0.05, 0.1) is 12.9 Å². The third kappa shape index (κ3) is 2.85. The van der Waals surface area contributed by atoms with Crippen LogP contribution in [0.5, 0.6) is 5.75 Å². The van der Waals surface area contributed by atoms with Gasteiger partial charge in [0.2, 0.25) is 5.88 Å². The van der Waals surface area contributed by atoms with Gasteiger partial charge in [-0.2, -0.15) is 0 Å². The number of nitrogens with zero attached hydrogens (tertiary/aromatic N) is 3. The highest BCUT2D eigenvalue weighted by Gasteiger charge is 2.23. The van der Waals surface area contributed by atoms with E-state index in [1.165, 1.54) is 0 Å². The van der Waals surface area contributed by atoms with Gasteiger partial charge in [-0.3, -0.25) is 0 Å². The number of hydrogen-bond donors (Lipinski definition) is 1. The van der Waals surface area contributed by atoms with E-state index in [-0.39, 0.29) is 0 Å². The van der Waals surface area contributed by atoms with Crippen molar-refractivity contribution in [2.75, 3.05) is 11.9 Å². The minimum Gasteiger partial charge on any atom is -0.493 e. The maximum Gasteiger partial charge on any atom is 0.233 e. The van der Waals surface area contributed by atoms with Crippen LogP contribution < -0.4 is 10.1 Å². The molecule has 0 atom stereocenters. The van der Waals surface area contributed by atoms with E-state index in [1.54, 1.807) is 12.5 Å². The van der Waals surface area contributed by atoms with Crippen LogP contribution in [0.1, 0.15) is 11.1 Å². The summed E-state index contributed by atoms with van der Waals surface area (Å²) in [5.41, 5.74) is 5.97. The molecule has 2 aromatic heterocycles. The van der Waals surface area contributed by atoms with Gasteiger partial charge in [0.1, 0.15) is 11.4 Å². The van der Waals surface area contributed by atoms with Gasteiger partial charge in [-0.15, -0.1) is 0 Å². The van der Waals surface area contributed by atoms with Crippen LogP contribution in [0.4, 0.5) is 11.6 Å². The van der Waals surface area contributed by atoms with Gasteiger partial charge in [0, 0.05) is 41.3 Å². The second-order valence-electron chi connectivity index (χ2n) is 6.58. The van der Waals surface area contributed by atoms with Crippen molar-refractivity contribution in [3.63, 3.8) is 0 Å². The van der Waals surface area contributed by atoms with Crippen LogP contribution in [0.2, 0.25) is 0 Å². The minimum absolute atomic E-state index is 0.591. The number of benzene rings is 2. The van der Waals surface area contributed by atoms with Gasteiger partial charge < -0.3 is 19.1 Å². The Kier molecular flexibility index (Phi) is 3.67. The molecule has 0 radical (unpaired) electrons. The summed E-state index contributed by atoms with van der Waals surface area (Å²) in [4.78, 5) is 4.10. The molecule has 1 N–H and O–H groups in total. The van der Waals surface area contributed by atoms with E-state index in [2.05, 4.69) is 28.4 Å². The fourth-order valence-electron chi connectivity index (χ4n) is 3.36. The Morgan fingerprint density at radius 1 is 1.15 bits per heavy atom. The van der Waals surface area contributed by atoms with Crippen molar-refractivity contribution in [3.8, 4) is 22.7 Å². The molecule has 0 aliphatic carbocycles.